The van der Waals surface area contributed by atoms with Gasteiger partial charge in [0.25, 0.3) is 0 Å². The molecule has 0 radical (unpaired) electrons. The zero-order valence-electron chi connectivity index (χ0n) is 18.4. The molecule has 1 aliphatic heterocycles. The van der Waals surface area contributed by atoms with Crippen LogP contribution >= 0.6 is 0 Å². The summed E-state index contributed by atoms with van der Waals surface area (Å²) in [5.74, 6) is 0. The molecule has 4 heteroatoms. The predicted octanol–water partition coefficient (Wildman–Crippen LogP) is 4.26. The number of likely N-dealkylation sites (tertiary alicyclic amines) is 1. The SMILES string of the molecule is CC(C)(Cc1ccc2ccccc2c1)NC[C@H](O)[C@@H]1CCN1Cc1cccc(C#N)c1. The highest BCUT2D eigenvalue weighted by molar-refractivity contribution is 5.83. The minimum Gasteiger partial charge on any atom is -0.390 e. The highest BCUT2D eigenvalue weighted by Gasteiger charge is 2.34. The Bertz CT molecular complexity index is 1090. The van der Waals surface area contributed by atoms with Gasteiger partial charge in [-0.05, 0) is 60.7 Å². The fourth-order valence-corrected chi connectivity index (χ4v) is 4.50. The Kier molecular flexibility index (Phi) is 6.38. The third-order valence-electron chi connectivity index (χ3n) is 6.32. The van der Waals surface area contributed by atoms with Crippen LogP contribution in [-0.2, 0) is 13.0 Å². The average Bonchev–Trinajstić information content (AvgIpc) is 2.75. The standard InChI is InChI=1S/C27H31N3O/c1-27(2,16-20-10-11-23-8-3-4-9-24(23)15-20)29-18-26(31)25-12-13-30(25)19-22-7-5-6-21(14-22)17-28/h3-11,14-15,25-26,29,31H,12-13,16,18-19H2,1-2H3/t25-,26-/m0/s1. The molecule has 1 heterocycles. The predicted molar refractivity (Wildman–Crippen MR) is 126 cm³/mol. The summed E-state index contributed by atoms with van der Waals surface area (Å²) in [5, 5.41) is 26.0. The maximum atomic E-state index is 10.8. The molecule has 4 rings (SSSR count). The first-order valence-electron chi connectivity index (χ1n) is 11.1. The number of nitrogens with one attached hydrogen (secondary N) is 1. The maximum Gasteiger partial charge on any atom is 0.0991 e. The van der Waals surface area contributed by atoms with Crippen LogP contribution in [0.1, 0.15) is 37.0 Å². The molecule has 3 aromatic rings. The van der Waals surface area contributed by atoms with Gasteiger partial charge >= 0.3 is 0 Å². The quantitative estimate of drug-likeness (QED) is 0.579. The molecular formula is C27H31N3O. The second kappa shape index (κ2) is 9.20. The largest absolute Gasteiger partial charge is 0.390 e. The van der Waals surface area contributed by atoms with E-state index in [0.717, 1.165) is 31.5 Å². The number of nitriles is 1. The second-order valence-corrected chi connectivity index (χ2v) is 9.33. The molecule has 0 saturated carbocycles. The number of aliphatic hydroxyl groups is 1. The molecule has 0 aliphatic carbocycles. The van der Waals surface area contributed by atoms with Crippen LogP contribution in [0.4, 0.5) is 0 Å². The minimum absolute atomic E-state index is 0.112. The minimum atomic E-state index is -0.413. The van der Waals surface area contributed by atoms with Crippen molar-refractivity contribution in [1.82, 2.24) is 10.2 Å². The number of fused-ring (bicyclic) bond motifs is 1. The van der Waals surface area contributed by atoms with Crippen molar-refractivity contribution in [3.63, 3.8) is 0 Å². The molecule has 0 unspecified atom stereocenters. The molecule has 0 aromatic heterocycles. The van der Waals surface area contributed by atoms with Gasteiger partial charge in [0.05, 0.1) is 17.7 Å². The Labute approximate surface area is 185 Å². The molecule has 0 bridgehead atoms. The molecule has 31 heavy (non-hydrogen) atoms. The van der Waals surface area contributed by atoms with Gasteiger partial charge in [0.2, 0.25) is 0 Å². The van der Waals surface area contributed by atoms with Gasteiger partial charge in [-0.25, -0.2) is 0 Å². The summed E-state index contributed by atoms with van der Waals surface area (Å²) in [6, 6.07) is 25.2. The number of hydrogen-bond acceptors (Lipinski definition) is 4. The monoisotopic (exact) mass is 413 g/mol. The van der Waals surface area contributed by atoms with Gasteiger partial charge < -0.3 is 10.4 Å². The highest BCUT2D eigenvalue weighted by atomic mass is 16.3. The van der Waals surface area contributed by atoms with E-state index in [1.54, 1.807) is 0 Å². The fourth-order valence-electron chi connectivity index (χ4n) is 4.50. The van der Waals surface area contributed by atoms with E-state index >= 15 is 0 Å². The van der Waals surface area contributed by atoms with Crippen molar-refractivity contribution in [2.24, 2.45) is 0 Å². The van der Waals surface area contributed by atoms with Crippen molar-refractivity contribution in [1.29, 1.82) is 5.26 Å². The van der Waals surface area contributed by atoms with Crippen LogP contribution < -0.4 is 5.32 Å². The van der Waals surface area contributed by atoms with Gasteiger partial charge in [-0.15, -0.1) is 0 Å². The fraction of sp³-hybridized carbons (Fsp3) is 0.370. The molecule has 1 fully saturated rings. The normalized spacial score (nSPS) is 17.8. The zero-order valence-corrected chi connectivity index (χ0v) is 18.4. The van der Waals surface area contributed by atoms with E-state index in [4.69, 9.17) is 5.26 Å². The number of nitrogens with zero attached hydrogens (tertiary/aromatic N) is 2. The van der Waals surface area contributed by atoms with Crippen molar-refractivity contribution in [3.05, 3.63) is 83.4 Å². The third kappa shape index (κ3) is 5.32. The van der Waals surface area contributed by atoms with E-state index in [-0.39, 0.29) is 11.6 Å². The summed E-state index contributed by atoms with van der Waals surface area (Å²) in [4.78, 5) is 2.30. The van der Waals surface area contributed by atoms with E-state index in [9.17, 15) is 5.11 Å². The molecule has 2 N–H and O–H groups in total. The van der Waals surface area contributed by atoms with E-state index < -0.39 is 6.10 Å². The number of β-amino-alcohol motifs (C(OH)–C–C–N with tert-alkyl or cyclic N) is 1. The van der Waals surface area contributed by atoms with Crippen LogP contribution in [-0.4, -0.2) is 40.8 Å². The average molecular weight is 414 g/mol. The topological polar surface area (TPSA) is 59.3 Å². The van der Waals surface area contributed by atoms with E-state index in [1.165, 1.54) is 16.3 Å². The number of benzene rings is 3. The molecule has 1 saturated heterocycles. The van der Waals surface area contributed by atoms with Crippen molar-refractivity contribution in [3.8, 4) is 6.07 Å². The lowest BCUT2D eigenvalue weighted by atomic mass is 9.91. The Balaban J connectivity index is 1.31. The summed E-state index contributed by atoms with van der Waals surface area (Å²) < 4.78 is 0. The smallest absolute Gasteiger partial charge is 0.0991 e. The Morgan fingerprint density at radius 3 is 2.61 bits per heavy atom. The Morgan fingerprint density at radius 1 is 1.06 bits per heavy atom. The van der Waals surface area contributed by atoms with Crippen LogP contribution in [0.5, 0.6) is 0 Å². The lowest BCUT2D eigenvalue weighted by Gasteiger charge is -2.44. The van der Waals surface area contributed by atoms with Crippen LogP contribution in [0.2, 0.25) is 0 Å². The van der Waals surface area contributed by atoms with Crippen molar-refractivity contribution >= 4 is 10.8 Å². The molecule has 1 aliphatic rings. The summed E-state index contributed by atoms with van der Waals surface area (Å²) >= 11 is 0. The highest BCUT2D eigenvalue weighted by Crippen LogP contribution is 2.24. The molecule has 160 valence electrons. The number of rotatable bonds is 8. The molecule has 0 spiro atoms. The summed E-state index contributed by atoms with van der Waals surface area (Å²) in [6.07, 6.45) is 1.50. The van der Waals surface area contributed by atoms with Crippen LogP contribution in [0, 0.1) is 11.3 Å². The van der Waals surface area contributed by atoms with Gasteiger partial charge in [0.15, 0.2) is 0 Å². The van der Waals surface area contributed by atoms with Gasteiger partial charge in [-0.2, -0.15) is 5.26 Å². The second-order valence-electron chi connectivity index (χ2n) is 9.33. The Hall–Kier alpha value is -2.71. The first-order valence-corrected chi connectivity index (χ1v) is 11.1. The van der Waals surface area contributed by atoms with E-state index in [0.29, 0.717) is 12.1 Å². The molecule has 4 nitrogen and oxygen atoms in total. The summed E-state index contributed by atoms with van der Waals surface area (Å²) in [5.41, 5.74) is 3.00. The van der Waals surface area contributed by atoms with E-state index in [2.05, 4.69) is 72.6 Å². The Morgan fingerprint density at radius 2 is 1.87 bits per heavy atom. The van der Waals surface area contributed by atoms with Crippen molar-refractivity contribution < 1.29 is 5.11 Å². The molecule has 0 amide bonds. The summed E-state index contributed by atoms with van der Waals surface area (Å²) in [6.45, 7) is 6.72. The van der Waals surface area contributed by atoms with Gasteiger partial charge in [-0.1, -0.05) is 54.6 Å². The first kappa shape index (κ1) is 21.5. The third-order valence-corrected chi connectivity index (χ3v) is 6.32. The zero-order chi connectivity index (χ0) is 21.8. The molecule has 3 aromatic carbocycles. The van der Waals surface area contributed by atoms with Crippen molar-refractivity contribution in [2.75, 3.05) is 13.1 Å². The number of aliphatic hydroxyl groups excluding tert-OH is 1. The van der Waals surface area contributed by atoms with Gasteiger partial charge in [0.1, 0.15) is 0 Å². The first-order chi connectivity index (χ1) is 14.9. The lowest BCUT2D eigenvalue weighted by molar-refractivity contribution is -0.0211. The number of hydrogen-bond donors (Lipinski definition) is 2. The van der Waals surface area contributed by atoms with Gasteiger partial charge in [0, 0.05) is 31.2 Å². The van der Waals surface area contributed by atoms with Crippen LogP contribution in [0.15, 0.2) is 66.7 Å². The van der Waals surface area contributed by atoms with E-state index in [1.807, 2.05) is 24.3 Å². The molecular weight excluding hydrogens is 382 g/mol. The lowest BCUT2D eigenvalue weighted by Crippen LogP contribution is -2.57. The molecule has 2 atom stereocenters. The summed E-state index contributed by atoms with van der Waals surface area (Å²) in [7, 11) is 0. The van der Waals surface area contributed by atoms with Crippen LogP contribution in [0.25, 0.3) is 10.8 Å². The van der Waals surface area contributed by atoms with Gasteiger partial charge in [-0.3, -0.25) is 4.90 Å². The van der Waals surface area contributed by atoms with Crippen LogP contribution in [0.3, 0.4) is 0 Å². The van der Waals surface area contributed by atoms with Crippen molar-refractivity contribution in [2.45, 2.75) is 50.9 Å². The maximum absolute atomic E-state index is 10.8.